The summed E-state index contributed by atoms with van der Waals surface area (Å²) >= 11 is 0. The number of hydrogen-bond donors (Lipinski definition) is 0. The van der Waals surface area contributed by atoms with Gasteiger partial charge in [-0.05, 0) is 46.9 Å². The number of anilines is 2. The lowest BCUT2D eigenvalue weighted by atomic mass is 9.93. The van der Waals surface area contributed by atoms with E-state index in [1.165, 1.54) is 25.3 Å². The molecule has 5 nitrogen and oxygen atoms in total. The van der Waals surface area contributed by atoms with E-state index in [1.807, 2.05) is 66.4 Å². The number of nitrogens with zero attached hydrogens (tertiary/aromatic N) is 1. The highest BCUT2D eigenvalue weighted by Gasteiger charge is 2.41. The van der Waals surface area contributed by atoms with Crippen LogP contribution in [-0.2, 0) is 25.5 Å². The molecular formula is C27H27NO4. The Hall–Kier alpha value is -3.60. The van der Waals surface area contributed by atoms with Crippen molar-refractivity contribution in [1.29, 1.82) is 0 Å². The van der Waals surface area contributed by atoms with Gasteiger partial charge in [0.05, 0.1) is 20.1 Å². The molecular weight excluding hydrogens is 402 g/mol. The minimum Gasteiger partial charge on any atom is -0.469 e. The summed E-state index contributed by atoms with van der Waals surface area (Å²) in [5, 5.41) is 0. The van der Waals surface area contributed by atoms with Gasteiger partial charge in [0.1, 0.15) is 6.04 Å². The molecule has 0 saturated carbocycles. The van der Waals surface area contributed by atoms with Crippen LogP contribution in [0.2, 0.25) is 0 Å². The molecule has 5 heteroatoms. The zero-order chi connectivity index (χ0) is 22.7. The number of esters is 2. The van der Waals surface area contributed by atoms with E-state index in [1.54, 1.807) is 0 Å². The highest BCUT2D eigenvalue weighted by molar-refractivity contribution is 5.92. The number of carbonyl (C=O) groups excluding carboxylic acids is 2. The second-order valence-electron chi connectivity index (χ2n) is 7.85. The van der Waals surface area contributed by atoms with E-state index in [-0.39, 0.29) is 0 Å². The van der Waals surface area contributed by atoms with Gasteiger partial charge in [0.2, 0.25) is 0 Å². The lowest BCUT2D eigenvalue weighted by Gasteiger charge is -2.36. The molecule has 3 aromatic rings. The largest absolute Gasteiger partial charge is 0.469 e. The van der Waals surface area contributed by atoms with Crippen LogP contribution in [0.4, 0.5) is 11.4 Å². The number of para-hydroxylation sites is 1. The van der Waals surface area contributed by atoms with Crippen molar-refractivity contribution in [1.82, 2.24) is 0 Å². The molecule has 0 radical (unpaired) electrons. The van der Waals surface area contributed by atoms with Gasteiger partial charge < -0.3 is 14.4 Å². The van der Waals surface area contributed by atoms with Crippen molar-refractivity contribution in [3.63, 3.8) is 0 Å². The average Bonchev–Trinajstić information content (AvgIpc) is 3.23. The Morgan fingerprint density at radius 1 is 0.844 bits per heavy atom. The van der Waals surface area contributed by atoms with Gasteiger partial charge in [0.15, 0.2) is 0 Å². The molecule has 0 N–H and O–H groups in total. The van der Waals surface area contributed by atoms with Crippen LogP contribution in [0.15, 0.2) is 72.8 Å². The predicted molar refractivity (Wildman–Crippen MR) is 125 cm³/mol. The standard InChI is InChI=1S/C27H27NO4/c1-4-20(26(29)31-2)25(27(30)32-3)28(19-12-6-5-7-13-19)24-16-10-15-22-21-14-9-8-11-18(21)17-23(22)24/h5-16,20,25H,4,17H2,1-3H3/t20-,25-/m0/s1. The molecule has 3 aromatic carbocycles. The Labute approximate surface area is 188 Å². The second-order valence-corrected chi connectivity index (χ2v) is 7.85. The van der Waals surface area contributed by atoms with Crippen molar-refractivity contribution in [2.45, 2.75) is 25.8 Å². The highest BCUT2D eigenvalue weighted by Crippen LogP contribution is 2.44. The molecule has 0 spiro atoms. The SMILES string of the molecule is CC[C@H](C(=O)OC)[C@@H](C(=O)OC)N(c1ccccc1)c1cccc2c1Cc1ccccc1-2. The molecule has 0 heterocycles. The maximum Gasteiger partial charge on any atom is 0.329 e. The number of benzene rings is 3. The van der Waals surface area contributed by atoms with Gasteiger partial charge in [-0.3, -0.25) is 4.79 Å². The van der Waals surface area contributed by atoms with Crippen molar-refractivity contribution in [2.75, 3.05) is 19.1 Å². The van der Waals surface area contributed by atoms with E-state index in [0.29, 0.717) is 6.42 Å². The van der Waals surface area contributed by atoms with Crippen LogP contribution in [0.3, 0.4) is 0 Å². The van der Waals surface area contributed by atoms with E-state index in [0.717, 1.165) is 28.9 Å². The summed E-state index contributed by atoms with van der Waals surface area (Å²) in [7, 11) is 2.71. The molecule has 0 fully saturated rings. The summed E-state index contributed by atoms with van der Waals surface area (Å²) in [4.78, 5) is 27.8. The van der Waals surface area contributed by atoms with Gasteiger partial charge in [-0.25, -0.2) is 4.79 Å². The summed E-state index contributed by atoms with van der Waals surface area (Å²) in [6.07, 6.45) is 1.19. The van der Waals surface area contributed by atoms with Crippen LogP contribution >= 0.6 is 0 Å². The van der Waals surface area contributed by atoms with Crippen molar-refractivity contribution < 1.29 is 19.1 Å². The van der Waals surface area contributed by atoms with Crippen molar-refractivity contribution in [2.24, 2.45) is 5.92 Å². The third-order valence-electron chi connectivity index (χ3n) is 6.17. The number of carbonyl (C=O) groups is 2. The maximum absolute atomic E-state index is 13.2. The Kier molecular flexibility index (Phi) is 6.26. The molecule has 0 aromatic heterocycles. The van der Waals surface area contributed by atoms with Crippen molar-refractivity contribution in [3.8, 4) is 11.1 Å². The topological polar surface area (TPSA) is 55.8 Å². The maximum atomic E-state index is 13.2. The molecule has 4 rings (SSSR count). The van der Waals surface area contributed by atoms with Gasteiger partial charge >= 0.3 is 11.9 Å². The molecule has 0 bridgehead atoms. The predicted octanol–water partition coefficient (Wildman–Crippen LogP) is 5.14. The van der Waals surface area contributed by atoms with Crippen LogP contribution in [0.1, 0.15) is 24.5 Å². The monoisotopic (exact) mass is 429 g/mol. The van der Waals surface area contributed by atoms with E-state index < -0.39 is 23.9 Å². The summed E-state index contributed by atoms with van der Waals surface area (Å²) in [5.41, 5.74) is 6.43. The fraction of sp³-hybridized carbons (Fsp3) is 0.259. The minimum atomic E-state index is -0.866. The molecule has 0 amide bonds. The average molecular weight is 430 g/mol. The Balaban J connectivity index is 1.93. The molecule has 32 heavy (non-hydrogen) atoms. The number of fused-ring (bicyclic) bond motifs is 3. The minimum absolute atomic E-state index is 0.431. The quantitative estimate of drug-likeness (QED) is 0.381. The Morgan fingerprint density at radius 2 is 1.50 bits per heavy atom. The first kappa shape index (κ1) is 21.6. The smallest absolute Gasteiger partial charge is 0.329 e. The third kappa shape index (κ3) is 3.75. The molecule has 0 saturated heterocycles. The van der Waals surface area contributed by atoms with Gasteiger partial charge in [-0.2, -0.15) is 0 Å². The molecule has 1 aliphatic rings. The number of hydrogen-bond acceptors (Lipinski definition) is 5. The summed E-state index contributed by atoms with van der Waals surface area (Å²) in [6.45, 7) is 1.88. The van der Waals surface area contributed by atoms with Gasteiger partial charge in [0.25, 0.3) is 0 Å². The fourth-order valence-electron chi connectivity index (χ4n) is 4.64. The van der Waals surface area contributed by atoms with Crippen molar-refractivity contribution >= 4 is 23.3 Å². The van der Waals surface area contributed by atoms with Crippen LogP contribution < -0.4 is 4.90 Å². The molecule has 164 valence electrons. The molecule has 0 aliphatic heterocycles. The highest BCUT2D eigenvalue weighted by atomic mass is 16.5. The number of rotatable bonds is 7. The third-order valence-corrected chi connectivity index (χ3v) is 6.17. The van der Waals surface area contributed by atoms with Crippen LogP contribution in [-0.4, -0.2) is 32.2 Å². The number of ether oxygens (including phenoxy) is 2. The van der Waals surface area contributed by atoms with Crippen molar-refractivity contribution in [3.05, 3.63) is 83.9 Å². The van der Waals surface area contributed by atoms with E-state index in [2.05, 4.69) is 18.2 Å². The normalized spacial score (nSPS) is 13.5. The summed E-state index contributed by atoms with van der Waals surface area (Å²) < 4.78 is 10.3. The zero-order valence-corrected chi connectivity index (χ0v) is 18.6. The first-order valence-electron chi connectivity index (χ1n) is 10.8. The lowest BCUT2D eigenvalue weighted by Crippen LogP contribution is -2.48. The van der Waals surface area contributed by atoms with Crippen LogP contribution in [0.5, 0.6) is 0 Å². The van der Waals surface area contributed by atoms with Crippen LogP contribution in [0.25, 0.3) is 11.1 Å². The van der Waals surface area contributed by atoms with Crippen LogP contribution in [0, 0.1) is 5.92 Å². The first-order chi connectivity index (χ1) is 15.6. The number of methoxy groups -OCH3 is 2. The molecule has 0 unspecified atom stereocenters. The van der Waals surface area contributed by atoms with Gasteiger partial charge in [-0.1, -0.05) is 61.5 Å². The van der Waals surface area contributed by atoms with Gasteiger partial charge in [0, 0.05) is 17.8 Å². The fourth-order valence-corrected chi connectivity index (χ4v) is 4.64. The Bertz CT molecular complexity index is 1130. The van der Waals surface area contributed by atoms with Gasteiger partial charge in [-0.15, -0.1) is 0 Å². The van der Waals surface area contributed by atoms with E-state index in [9.17, 15) is 9.59 Å². The zero-order valence-electron chi connectivity index (χ0n) is 18.6. The summed E-state index contributed by atoms with van der Waals surface area (Å²) in [6, 6.07) is 23.3. The summed E-state index contributed by atoms with van der Waals surface area (Å²) in [5.74, 6) is -1.59. The Morgan fingerprint density at radius 3 is 2.19 bits per heavy atom. The molecule has 1 aliphatic carbocycles. The molecule has 2 atom stereocenters. The van der Waals surface area contributed by atoms with E-state index in [4.69, 9.17) is 9.47 Å². The second kappa shape index (κ2) is 9.27. The van der Waals surface area contributed by atoms with E-state index >= 15 is 0 Å². The first-order valence-corrected chi connectivity index (χ1v) is 10.8. The lowest BCUT2D eigenvalue weighted by molar-refractivity contribution is -0.153.